The van der Waals surface area contributed by atoms with E-state index in [0.29, 0.717) is 6.04 Å². The van der Waals surface area contributed by atoms with Crippen LogP contribution in [0.5, 0.6) is 0 Å². The summed E-state index contributed by atoms with van der Waals surface area (Å²) in [5.41, 5.74) is 0. The summed E-state index contributed by atoms with van der Waals surface area (Å²) in [7, 11) is 0. The Labute approximate surface area is 115 Å². The Morgan fingerprint density at radius 2 is 1.56 bits per heavy atom. The van der Waals surface area contributed by atoms with Crippen LogP contribution in [-0.2, 0) is 0 Å². The van der Waals surface area contributed by atoms with Crippen molar-refractivity contribution in [3.63, 3.8) is 0 Å². The molecule has 1 aliphatic rings. The highest BCUT2D eigenvalue weighted by Gasteiger charge is 2.26. The van der Waals surface area contributed by atoms with Gasteiger partial charge in [0.1, 0.15) is 0 Å². The fourth-order valence-corrected chi connectivity index (χ4v) is 3.04. The van der Waals surface area contributed by atoms with Gasteiger partial charge in [-0.3, -0.25) is 4.90 Å². The predicted octanol–water partition coefficient (Wildman–Crippen LogP) is 3.52. The Morgan fingerprint density at radius 3 is 2.06 bits per heavy atom. The van der Waals surface area contributed by atoms with E-state index in [2.05, 4.69) is 44.8 Å². The monoisotopic (exact) mass is 254 g/mol. The number of nitrogens with zero attached hydrogens (tertiary/aromatic N) is 1. The van der Waals surface area contributed by atoms with Gasteiger partial charge >= 0.3 is 0 Å². The van der Waals surface area contributed by atoms with Crippen molar-refractivity contribution < 1.29 is 0 Å². The highest BCUT2D eigenvalue weighted by Crippen LogP contribution is 2.25. The summed E-state index contributed by atoms with van der Waals surface area (Å²) in [6.45, 7) is 15.2. The third-order valence-electron chi connectivity index (χ3n) is 3.93. The lowest BCUT2D eigenvalue weighted by molar-refractivity contribution is 0.125. The molecule has 0 spiro atoms. The van der Waals surface area contributed by atoms with Crippen molar-refractivity contribution in [2.45, 2.75) is 72.4 Å². The van der Waals surface area contributed by atoms with E-state index in [1.54, 1.807) is 0 Å². The maximum absolute atomic E-state index is 3.62. The molecule has 1 fully saturated rings. The minimum atomic E-state index is 0.675. The number of nitrogens with one attached hydrogen (secondary N) is 1. The Hall–Kier alpha value is -0.0800. The Kier molecular flexibility index (Phi) is 7.25. The van der Waals surface area contributed by atoms with Crippen LogP contribution in [0.3, 0.4) is 0 Å². The number of rotatable bonds is 8. The molecule has 1 N–H and O–H groups in total. The van der Waals surface area contributed by atoms with Crippen molar-refractivity contribution in [2.24, 2.45) is 11.8 Å². The molecule has 0 amide bonds. The minimum absolute atomic E-state index is 0.675. The molecule has 18 heavy (non-hydrogen) atoms. The molecule has 0 saturated heterocycles. The molecule has 108 valence electrons. The van der Waals surface area contributed by atoms with Gasteiger partial charge in [-0.2, -0.15) is 0 Å². The summed E-state index contributed by atoms with van der Waals surface area (Å²) in [5, 5.41) is 3.62. The predicted molar refractivity (Wildman–Crippen MR) is 81.0 cm³/mol. The molecule has 0 aromatic rings. The molecule has 0 heterocycles. The first-order valence-electron chi connectivity index (χ1n) is 7.97. The maximum Gasteiger partial charge on any atom is 0.0195 e. The molecule has 2 nitrogen and oxygen atoms in total. The van der Waals surface area contributed by atoms with Crippen LogP contribution in [-0.4, -0.2) is 36.6 Å². The normalized spacial score (nSPS) is 19.3. The van der Waals surface area contributed by atoms with Gasteiger partial charge in [-0.15, -0.1) is 0 Å². The van der Waals surface area contributed by atoms with Crippen molar-refractivity contribution in [3.05, 3.63) is 0 Å². The smallest absolute Gasteiger partial charge is 0.0195 e. The van der Waals surface area contributed by atoms with Gasteiger partial charge in [0, 0.05) is 25.2 Å². The Morgan fingerprint density at radius 1 is 0.944 bits per heavy atom. The highest BCUT2D eigenvalue weighted by molar-refractivity contribution is 4.82. The number of hydrogen-bond donors (Lipinski definition) is 1. The van der Waals surface area contributed by atoms with Gasteiger partial charge in [-0.1, -0.05) is 40.5 Å². The van der Waals surface area contributed by atoms with Gasteiger partial charge in [0.2, 0.25) is 0 Å². The summed E-state index contributed by atoms with van der Waals surface area (Å²) in [6.07, 6.45) is 5.71. The zero-order chi connectivity index (χ0) is 13.5. The fraction of sp³-hybridized carbons (Fsp3) is 1.00. The first-order chi connectivity index (χ1) is 8.50. The van der Waals surface area contributed by atoms with Crippen molar-refractivity contribution >= 4 is 0 Å². The second-order valence-corrected chi connectivity index (χ2v) is 6.93. The molecule has 0 aromatic heterocycles. The van der Waals surface area contributed by atoms with Crippen molar-refractivity contribution in [3.8, 4) is 0 Å². The molecule has 0 aliphatic heterocycles. The molecule has 0 aromatic carbocycles. The molecule has 0 radical (unpaired) electrons. The average Bonchev–Trinajstić information content (AvgIpc) is 2.78. The molecule has 1 saturated carbocycles. The van der Waals surface area contributed by atoms with E-state index in [4.69, 9.17) is 0 Å². The van der Waals surface area contributed by atoms with E-state index in [9.17, 15) is 0 Å². The third-order valence-corrected chi connectivity index (χ3v) is 3.93. The summed E-state index contributed by atoms with van der Waals surface area (Å²) in [5.74, 6) is 1.53. The summed E-state index contributed by atoms with van der Waals surface area (Å²) < 4.78 is 0. The summed E-state index contributed by atoms with van der Waals surface area (Å²) >= 11 is 0. The third kappa shape index (κ3) is 5.71. The minimum Gasteiger partial charge on any atom is -0.315 e. The average molecular weight is 254 g/mol. The van der Waals surface area contributed by atoms with Gasteiger partial charge in [-0.25, -0.2) is 0 Å². The van der Waals surface area contributed by atoms with Crippen molar-refractivity contribution in [2.75, 3.05) is 19.6 Å². The molecule has 1 aliphatic carbocycles. The standard InChI is InChI=1S/C16H34N2/c1-13(2)10-17-11-15(5)18(12-14(3)4)16-8-6-7-9-16/h13-17H,6-12H2,1-5H3. The van der Waals surface area contributed by atoms with Gasteiger partial charge in [-0.05, 0) is 38.1 Å². The van der Waals surface area contributed by atoms with Crippen LogP contribution in [0.2, 0.25) is 0 Å². The van der Waals surface area contributed by atoms with E-state index in [1.807, 2.05) is 0 Å². The highest BCUT2D eigenvalue weighted by atomic mass is 15.2. The molecule has 1 rings (SSSR count). The first kappa shape index (κ1) is 16.0. The van der Waals surface area contributed by atoms with E-state index < -0.39 is 0 Å². The van der Waals surface area contributed by atoms with Crippen molar-refractivity contribution in [1.82, 2.24) is 10.2 Å². The van der Waals surface area contributed by atoms with E-state index in [-0.39, 0.29) is 0 Å². The van der Waals surface area contributed by atoms with E-state index in [1.165, 1.54) is 32.2 Å². The summed E-state index contributed by atoms with van der Waals surface area (Å²) in [4.78, 5) is 2.77. The largest absolute Gasteiger partial charge is 0.315 e. The molecular formula is C16H34N2. The molecular weight excluding hydrogens is 220 g/mol. The Bertz CT molecular complexity index is 207. The molecule has 1 atom stereocenters. The van der Waals surface area contributed by atoms with Crippen molar-refractivity contribution in [1.29, 1.82) is 0 Å². The van der Waals surface area contributed by atoms with E-state index in [0.717, 1.165) is 31.0 Å². The Balaban J connectivity index is 2.41. The second-order valence-electron chi connectivity index (χ2n) is 6.93. The SMILES string of the molecule is CC(C)CNCC(C)N(CC(C)C)C1CCCC1. The lowest BCUT2D eigenvalue weighted by Gasteiger charge is -2.36. The van der Waals surface area contributed by atoms with Crippen LogP contribution < -0.4 is 5.32 Å². The van der Waals surface area contributed by atoms with E-state index >= 15 is 0 Å². The zero-order valence-electron chi connectivity index (χ0n) is 13.2. The van der Waals surface area contributed by atoms with Crippen LogP contribution in [0.25, 0.3) is 0 Å². The lowest BCUT2D eigenvalue weighted by Crippen LogP contribution is -2.47. The van der Waals surface area contributed by atoms with Crippen LogP contribution in [0.1, 0.15) is 60.3 Å². The van der Waals surface area contributed by atoms with Crippen LogP contribution in [0.4, 0.5) is 0 Å². The molecule has 2 heteroatoms. The summed E-state index contributed by atoms with van der Waals surface area (Å²) in [6, 6.07) is 1.53. The quantitative estimate of drug-likeness (QED) is 0.713. The topological polar surface area (TPSA) is 15.3 Å². The van der Waals surface area contributed by atoms with Gasteiger partial charge in [0.15, 0.2) is 0 Å². The van der Waals surface area contributed by atoms with Crippen LogP contribution >= 0.6 is 0 Å². The van der Waals surface area contributed by atoms with Gasteiger partial charge in [0.05, 0.1) is 0 Å². The van der Waals surface area contributed by atoms with Crippen LogP contribution in [0, 0.1) is 11.8 Å². The van der Waals surface area contributed by atoms with Gasteiger partial charge < -0.3 is 5.32 Å². The van der Waals surface area contributed by atoms with Gasteiger partial charge in [0.25, 0.3) is 0 Å². The first-order valence-corrected chi connectivity index (χ1v) is 7.97. The fourth-order valence-electron chi connectivity index (χ4n) is 3.04. The second kappa shape index (κ2) is 8.16. The van der Waals surface area contributed by atoms with Crippen LogP contribution in [0.15, 0.2) is 0 Å². The molecule has 0 bridgehead atoms. The molecule has 1 unspecified atom stereocenters. The lowest BCUT2D eigenvalue weighted by atomic mass is 10.1. The number of hydrogen-bond acceptors (Lipinski definition) is 2. The zero-order valence-corrected chi connectivity index (χ0v) is 13.2. The maximum atomic E-state index is 3.62.